The lowest BCUT2D eigenvalue weighted by Crippen LogP contribution is -2.42. The number of hydrogen-bond acceptors (Lipinski definition) is 6. The van der Waals surface area contributed by atoms with Crippen LogP contribution in [-0.4, -0.2) is 48.1 Å². The molecule has 10 heteroatoms. The lowest BCUT2D eigenvalue weighted by molar-refractivity contribution is -0.123. The number of fused-ring (bicyclic) bond motifs is 1. The fraction of sp³-hybridized carbons (Fsp3) is 0.233. The number of rotatable bonds is 8. The molecule has 1 N–H and O–H groups in total. The Morgan fingerprint density at radius 1 is 1.05 bits per heavy atom. The molecule has 40 heavy (non-hydrogen) atoms. The number of thioether (sulfide) groups is 1. The maximum absolute atomic E-state index is 13.5. The standard InChI is InChI=1S/C30H29FN4O4S/c1-34-30-27(28(33-34)20-7-5-4-6-8-20)29(21-11-14-23(38-2)24(15-21)39-3)40-18-26(37)35(30)17-25(36)32-16-19-9-12-22(31)13-10-19/h4-15,29H,16-18H2,1-3H3,(H,32,36). The Kier molecular flexibility index (Phi) is 8.06. The molecular formula is C30H29FN4O4S. The van der Waals surface area contributed by atoms with Gasteiger partial charge in [0.2, 0.25) is 11.8 Å². The third-order valence-corrected chi connectivity index (χ3v) is 7.96. The molecule has 1 aromatic heterocycles. The van der Waals surface area contributed by atoms with E-state index in [1.807, 2.05) is 48.5 Å². The summed E-state index contributed by atoms with van der Waals surface area (Å²) in [6, 6.07) is 21.4. The average molecular weight is 561 g/mol. The molecule has 0 bridgehead atoms. The van der Waals surface area contributed by atoms with Crippen molar-refractivity contribution in [2.75, 3.05) is 31.4 Å². The van der Waals surface area contributed by atoms with Crippen LogP contribution in [-0.2, 0) is 23.2 Å². The van der Waals surface area contributed by atoms with Crippen molar-refractivity contribution in [2.24, 2.45) is 7.05 Å². The molecule has 1 aliphatic heterocycles. The van der Waals surface area contributed by atoms with Crippen LogP contribution >= 0.6 is 11.8 Å². The number of carbonyl (C=O) groups excluding carboxylic acids is 2. The first-order valence-electron chi connectivity index (χ1n) is 12.7. The van der Waals surface area contributed by atoms with Crippen LogP contribution in [0.15, 0.2) is 72.8 Å². The van der Waals surface area contributed by atoms with Gasteiger partial charge in [-0.2, -0.15) is 5.10 Å². The zero-order chi connectivity index (χ0) is 28.2. The Balaban J connectivity index is 1.54. The van der Waals surface area contributed by atoms with Crippen LogP contribution in [0.25, 0.3) is 11.3 Å². The van der Waals surface area contributed by atoms with Crippen LogP contribution in [0.3, 0.4) is 0 Å². The molecule has 0 saturated carbocycles. The smallest absolute Gasteiger partial charge is 0.240 e. The summed E-state index contributed by atoms with van der Waals surface area (Å²) in [5.74, 6) is 1.03. The van der Waals surface area contributed by atoms with Crippen molar-refractivity contribution in [2.45, 2.75) is 11.8 Å². The lowest BCUT2D eigenvalue weighted by Gasteiger charge is -2.22. The van der Waals surface area contributed by atoms with Crippen LogP contribution in [0.2, 0.25) is 0 Å². The average Bonchev–Trinajstić information content (AvgIpc) is 3.24. The highest BCUT2D eigenvalue weighted by molar-refractivity contribution is 8.00. The highest BCUT2D eigenvalue weighted by Gasteiger charge is 2.37. The van der Waals surface area contributed by atoms with Crippen molar-refractivity contribution in [1.82, 2.24) is 15.1 Å². The van der Waals surface area contributed by atoms with E-state index >= 15 is 0 Å². The van der Waals surface area contributed by atoms with Crippen molar-refractivity contribution in [3.05, 3.63) is 95.3 Å². The van der Waals surface area contributed by atoms with Gasteiger partial charge in [0.1, 0.15) is 18.2 Å². The van der Waals surface area contributed by atoms with Crippen LogP contribution < -0.4 is 19.7 Å². The highest BCUT2D eigenvalue weighted by atomic mass is 32.2. The summed E-state index contributed by atoms with van der Waals surface area (Å²) in [5, 5.41) is 7.41. The van der Waals surface area contributed by atoms with Gasteiger partial charge in [0.05, 0.1) is 30.9 Å². The maximum Gasteiger partial charge on any atom is 0.240 e. The van der Waals surface area contributed by atoms with Gasteiger partial charge >= 0.3 is 0 Å². The van der Waals surface area contributed by atoms with E-state index in [9.17, 15) is 14.0 Å². The van der Waals surface area contributed by atoms with Crippen molar-refractivity contribution in [1.29, 1.82) is 0 Å². The minimum Gasteiger partial charge on any atom is -0.493 e. The number of nitrogens with one attached hydrogen (secondary N) is 1. The number of anilines is 1. The van der Waals surface area contributed by atoms with Crippen LogP contribution in [0.1, 0.15) is 21.9 Å². The predicted molar refractivity (Wildman–Crippen MR) is 153 cm³/mol. The van der Waals surface area contributed by atoms with Gasteiger partial charge in [-0.05, 0) is 35.4 Å². The number of aryl methyl sites for hydroxylation is 1. The van der Waals surface area contributed by atoms with Crippen molar-refractivity contribution in [3.63, 3.8) is 0 Å². The minimum absolute atomic E-state index is 0.160. The summed E-state index contributed by atoms with van der Waals surface area (Å²) < 4.78 is 25.9. The van der Waals surface area contributed by atoms with Crippen LogP contribution in [0, 0.1) is 5.82 Å². The van der Waals surface area contributed by atoms with Crippen LogP contribution in [0.5, 0.6) is 11.5 Å². The summed E-state index contributed by atoms with van der Waals surface area (Å²) in [7, 11) is 4.95. The number of ether oxygens (including phenoxy) is 2. The summed E-state index contributed by atoms with van der Waals surface area (Å²) in [6.45, 7) is 0.0394. The van der Waals surface area contributed by atoms with Gasteiger partial charge < -0.3 is 14.8 Å². The van der Waals surface area contributed by atoms with Gasteiger partial charge in [0, 0.05) is 24.7 Å². The fourth-order valence-electron chi connectivity index (χ4n) is 4.78. The predicted octanol–water partition coefficient (Wildman–Crippen LogP) is 4.73. The largest absolute Gasteiger partial charge is 0.493 e. The van der Waals surface area contributed by atoms with E-state index in [4.69, 9.17) is 14.6 Å². The Bertz CT molecular complexity index is 1520. The van der Waals surface area contributed by atoms with Crippen LogP contribution in [0.4, 0.5) is 10.2 Å². The zero-order valence-electron chi connectivity index (χ0n) is 22.4. The Morgan fingerprint density at radius 3 is 2.48 bits per heavy atom. The highest BCUT2D eigenvalue weighted by Crippen LogP contribution is 2.48. The Morgan fingerprint density at radius 2 is 1.77 bits per heavy atom. The Labute approximate surface area is 236 Å². The fourth-order valence-corrected chi connectivity index (χ4v) is 5.97. The van der Waals surface area contributed by atoms with Gasteiger partial charge in [-0.25, -0.2) is 4.39 Å². The van der Waals surface area contributed by atoms with Gasteiger partial charge in [0.15, 0.2) is 11.5 Å². The van der Waals surface area contributed by atoms with E-state index in [0.29, 0.717) is 17.3 Å². The number of nitrogens with zero attached hydrogens (tertiary/aromatic N) is 3. The molecule has 5 rings (SSSR count). The molecule has 2 amide bonds. The summed E-state index contributed by atoms with van der Waals surface area (Å²) in [6.07, 6.45) is 0. The van der Waals surface area contributed by atoms with Gasteiger partial charge in [0.25, 0.3) is 0 Å². The number of hydrogen-bond donors (Lipinski definition) is 1. The molecule has 0 aliphatic carbocycles. The third-order valence-electron chi connectivity index (χ3n) is 6.71. The topological polar surface area (TPSA) is 85.7 Å². The molecule has 1 atom stereocenters. The molecule has 0 radical (unpaired) electrons. The first-order valence-corrected chi connectivity index (χ1v) is 13.7. The third kappa shape index (κ3) is 5.53. The van der Waals surface area contributed by atoms with Gasteiger partial charge in [-0.15, -0.1) is 11.8 Å². The SMILES string of the molecule is COc1ccc(C2SCC(=O)N(CC(=O)NCc3ccc(F)cc3)c3c2c(-c2ccccc2)nn3C)cc1OC. The van der Waals surface area contributed by atoms with Gasteiger partial charge in [-0.1, -0.05) is 48.5 Å². The number of halogens is 1. The molecule has 206 valence electrons. The number of benzene rings is 3. The van der Waals surface area contributed by atoms with Crippen molar-refractivity contribution in [3.8, 4) is 22.8 Å². The molecule has 8 nitrogen and oxygen atoms in total. The van der Waals surface area contributed by atoms with E-state index in [2.05, 4.69) is 5.32 Å². The molecule has 1 aliphatic rings. The van der Waals surface area contributed by atoms with E-state index in [1.165, 1.54) is 28.8 Å². The summed E-state index contributed by atoms with van der Waals surface area (Å²) in [4.78, 5) is 28.1. The second-order valence-corrected chi connectivity index (χ2v) is 10.4. The number of amides is 2. The molecule has 3 aromatic carbocycles. The second kappa shape index (κ2) is 11.8. The quantitative estimate of drug-likeness (QED) is 0.336. The summed E-state index contributed by atoms with van der Waals surface area (Å²) >= 11 is 1.48. The normalized spacial score (nSPS) is 14.8. The number of aromatic nitrogens is 2. The number of carbonyl (C=O) groups is 2. The van der Waals surface area contributed by atoms with Gasteiger partial charge in [-0.3, -0.25) is 19.2 Å². The minimum atomic E-state index is -0.343. The molecule has 1 unspecified atom stereocenters. The van der Waals surface area contributed by atoms with E-state index in [1.54, 1.807) is 38.1 Å². The molecule has 0 spiro atoms. The molecule has 4 aromatic rings. The molecular weight excluding hydrogens is 531 g/mol. The summed E-state index contributed by atoms with van der Waals surface area (Å²) in [5.41, 5.74) is 4.15. The number of methoxy groups -OCH3 is 2. The van der Waals surface area contributed by atoms with Crippen molar-refractivity contribution < 1.29 is 23.5 Å². The van der Waals surface area contributed by atoms with Crippen molar-refractivity contribution >= 4 is 29.4 Å². The lowest BCUT2D eigenvalue weighted by atomic mass is 9.99. The monoisotopic (exact) mass is 560 g/mol. The first kappa shape index (κ1) is 27.3. The van der Waals surface area contributed by atoms with E-state index in [0.717, 1.165) is 27.9 Å². The maximum atomic E-state index is 13.5. The first-order chi connectivity index (χ1) is 19.4. The van der Waals surface area contributed by atoms with E-state index in [-0.39, 0.29) is 41.7 Å². The van der Waals surface area contributed by atoms with E-state index < -0.39 is 0 Å². The zero-order valence-corrected chi connectivity index (χ0v) is 23.2. The molecule has 2 heterocycles. The second-order valence-electron chi connectivity index (χ2n) is 9.26. The Hall–Kier alpha value is -4.31. The molecule has 0 fully saturated rings. The molecule has 0 saturated heterocycles.